The van der Waals surface area contributed by atoms with Crippen LogP contribution in [0.3, 0.4) is 0 Å². The van der Waals surface area contributed by atoms with E-state index in [-0.39, 0.29) is 0 Å². The predicted molar refractivity (Wildman–Crippen MR) is 50.5 cm³/mol. The average molecular weight is 180 g/mol. The Morgan fingerprint density at radius 1 is 1.50 bits per heavy atom. The first-order chi connectivity index (χ1) is 5.90. The van der Waals surface area contributed by atoms with Crippen LogP contribution in [0.5, 0.6) is 0 Å². The topological polar surface area (TPSA) is 25.8 Å². The molecule has 0 unspecified atom stereocenters. The Bertz CT molecular complexity index is 286. The lowest BCUT2D eigenvalue weighted by atomic mass is 10.3. The average Bonchev–Trinajstić information content (AvgIpc) is 2.51. The maximum Gasteiger partial charge on any atom is 0.187 e. The summed E-state index contributed by atoms with van der Waals surface area (Å²) in [6, 6.07) is 0. The molecule has 1 aromatic heterocycles. The van der Waals surface area contributed by atoms with Gasteiger partial charge in [-0.15, -0.1) is 0 Å². The Labute approximate surface area is 76.8 Å². The highest BCUT2D eigenvalue weighted by Gasteiger charge is 2.12. The summed E-state index contributed by atoms with van der Waals surface area (Å²) in [5.74, 6) is 1.05. The highest BCUT2D eigenvalue weighted by molar-refractivity contribution is 7.99. The van der Waals surface area contributed by atoms with Crippen LogP contribution < -0.4 is 0 Å². The molecule has 0 fully saturated rings. The second kappa shape index (κ2) is 3.44. The number of aryl methyl sites for hydroxylation is 2. The van der Waals surface area contributed by atoms with Gasteiger partial charge < -0.3 is 0 Å². The number of rotatable bonds is 2. The first kappa shape index (κ1) is 8.05. The molecule has 0 aliphatic heterocycles. The zero-order chi connectivity index (χ0) is 8.39. The Balaban J connectivity index is 2.26. The molecule has 0 saturated carbocycles. The lowest BCUT2D eigenvalue weighted by molar-refractivity contribution is 0.877. The maximum atomic E-state index is 4.49. The summed E-state index contributed by atoms with van der Waals surface area (Å²) >= 11 is 1.72. The molecule has 0 spiro atoms. The van der Waals surface area contributed by atoms with Crippen LogP contribution in [0, 0.1) is 0 Å². The number of fused-ring (bicyclic) bond motifs is 1. The van der Waals surface area contributed by atoms with Crippen LogP contribution in [-0.2, 0) is 12.8 Å². The minimum atomic E-state index is 0.943. The highest BCUT2D eigenvalue weighted by Crippen LogP contribution is 2.21. The van der Waals surface area contributed by atoms with Crippen LogP contribution in [0.2, 0.25) is 0 Å². The van der Waals surface area contributed by atoms with Crippen molar-refractivity contribution in [1.82, 2.24) is 9.97 Å². The summed E-state index contributed by atoms with van der Waals surface area (Å²) in [4.78, 5) is 8.79. The predicted octanol–water partition coefficient (Wildman–Crippen LogP) is 2.08. The summed E-state index contributed by atoms with van der Waals surface area (Å²) in [5.41, 5.74) is 2.64. The van der Waals surface area contributed by atoms with Gasteiger partial charge in [-0.2, -0.15) is 0 Å². The Morgan fingerprint density at radius 3 is 3.25 bits per heavy atom. The second-order valence-corrected chi connectivity index (χ2v) is 4.14. The number of nitrogens with zero attached hydrogens (tertiary/aromatic N) is 2. The van der Waals surface area contributed by atoms with Gasteiger partial charge in [-0.25, -0.2) is 9.97 Å². The molecule has 1 aliphatic rings. The Morgan fingerprint density at radius 2 is 2.42 bits per heavy atom. The molecule has 0 radical (unpaired) electrons. The maximum absolute atomic E-state index is 4.49. The molecular formula is C9H12N2S. The van der Waals surface area contributed by atoms with Gasteiger partial charge in [0, 0.05) is 11.9 Å². The van der Waals surface area contributed by atoms with Gasteiger partial charge in [0.2, 0.25) is 0 Å². The van der Waals surface area contributed by atoms with E-state index in [0.29, 0.717) is 0 Å². The Hall–Kier alpha value is -0.570. The molecule has 0 saturated heterocycles. The van der Waals surface area contributed by atoms with Crippen molar-refractivity contribution < 1.29 is 0 Å². The molecule has 0 amide bonds. The summed E-state index contributed by atoms with van der Waals surface area (Å²) in [7, 11) is 0. The molecule has 3 heteroatoms. The number of hydrogen-bond donors (Lipinski definition) is 0. The van der Waals surface area contributed by atoms with Crippen molar-refractivity contribution in [2.75, 3.05) is 5.75 Å². The molecule has 64 valence electrons. The van der Waals surface area contributed by atoms with Crippen molar-refractivity contribution in [3.63, 3.8) is 0 Å². The molecule has 0 atom stereocenters. The van der Waals surface area contributed by atoms with Crippen LogP contribution in [0.25, 0.3) is 0 Å². The summed E-state index contributed by atoms with van der Waals surface area (Å²) in [6.45, 7) is 2.13. The van der Waals surface area contributed by atoms with E-state index in [1.807, 2.05) is 6.20 Å². The molecule has 2 rings (SSSR count). The molecule has 0 bridgehead atoms. The van der Waals surface area contributed by atoms with Gasteiger partial charge in [-0.05, 0) is 30.6 Å². The first-order valence-corrected chi connectivity index (χ1v) is 5.36. The lowest BCUT2D eigenvalue weighted by Gasteiger charge is -1.99. The minimum Gasteiger partial charge on any atom is -0.231 e. The first-order valence-electron chi connectivity index (χ1n) is 4.37. The van der Waals surface area contributed by atoms with Crippen LogP contribution in [0.15, 0.2) is 11.4 Å². The third-order valence-corrected chi connectivity index (χ3v) is 2.81. The molecule has 0 aromatic carbocycles. The van der Waals surface area contributed by atoms with Gasteiger partial charge in [0.25, 0.3) is 0 Å². The number of thioether (sulfide) groups is 1. The second-order valence-electron chi connectivity index (χ2n) is 2.91. The van der Waals surface area contributed by atoms with Gasteiger partial charge in [-0.1, -0.05) is 18.7 Å². The normalized spacial score (nSPS) is 14.8. The zero-order valence-corrected chi connectivity index (χ0v) is 8.02. The fourth-order valence-corrected chi connectivity index (χ4v) is 2.05. The molecule has 0 N–H and O–H groups in total. The quantitative estimate of drug-likeness (QED) is 0.515. The Kier molecular flexibility index (Phi) is 2.30. The highest BCUT2D eigenvalue weighted by atomic mass is 32.2. The number of hydrogen-bond acceptors (Lipinski definition) is 3. The molecule has 12 heavy (non-hydrogen) atoms. The lowest BCUT2D eigenvalue weighted by Crippen LogP contribution is -1.93. The molecule has 1 aliphatic carbocycles. The standard InChI is InChI=1S/C9H12N2S/c1-2-12-9-10-6-7-4-3-5-8(7)11-9/h6H,2-5H2,1H3. The number of aromatic nitrogens is 2. The smallest absolute Gasteiger partial charge is 0.187 e. The summed E-state index contributed by atoms with van der Waals surface area (Å²) in [5, 5.41) is 0.943. The van der Waals surface area contributed by atoms with E-state index in [0.717, 1.165) is 17.3 Å². The van der Waals surface area contributed by atoms with E-state index < -0.39 is 0 Å². The van der Waals surface area contributed by atoms with E-state index in [9.17, 15) is 0 Å². The SMILES string of the molecule is CCSc1ncc2c(n1)CCC2. The van der Waals surface area contributed by atoms with Crippen molar-refractivity contribution in [2.24, 2.45) is 0 Å². The van der Waals surface area contributed by atoms with Crippen molar-refractivity contribution in [1.29, 1.82) is 0 Å². The van der Waals surface area contributed by atoms with E-state index in [2.05, 4.69) is 16.9 Å². The van der Waals surface area contributed by atoms with Gasteiger partial charge in [0.1, 0.15) is 0 Å². The van der Waals surface area contributed by atoms with Crippen molar-refractivity contribution in [3.05, 3.63) is 17.5 Å². The van der Waals surface area contributed by atoms with Crippen LogP contribution in [0.1, 0.15) is 24.6 Å². The van der Waals surface area contributed by atoms with E-state index >= 15 is 0 Å². The summed E-state index contributed by atoms with van der Waals surface area (Å²) in [6.07, 6.45) is 5.57. The fraction of sp³-hybridized carbons (Fsp3) is 0.556. The van der Waals surface area contributed by atoms with Crippen molar-refractivity contribution >= 4 is 11.8 Å². The van der Waals surface area contributed by atoms with Crippen molar-refractivity contribution in [3.8, 4) is 0 Å². The van der Waals surface area contributed by atoms with Gasteiger partial charge in [0.05, 0.1) is 0 Å². The van der Waals surface area contributed by atoms with Crippen molar-refractivity contribution in [2.45, 2.75) is 31.3 Å². The van der Waals surface area contributed by atoms with Crippen LogP contribution in [0.4, 0.5) is 0 Å². The summed E-state index contributed by atoms with van der Waals surface area (Å²) < 4.78 is 0. The van der Waals surface area contributed by atoms with Crippen LogP contribution >= 0.6 is 11.8 Å². The minimum absolute atomic E-state index is 0.943. The third-order valence-electron chi connectivity index (χ3n) is 2.07. The van der Waals surface area contributed by atoms with E-state index in [4.69, 9.17) is 0 Å². The van der Waals surface area contributed by atoms with Gasteiger partial charge in [0.15, 0.2) is 5.16 Å². The van der Waals surface area contributed by atoms with E-state index in [1.54, 1.807) is 11.8 Å². The van der Waals surface area contributed by atoms with Gasteiger partial charge >= 0.3 is 0 Å². The third kappa shape index (κ3) is 1.46. The van der Waals surface area contributed by atoms with Gasteiger partial charge in [-0.3, -0.25) is 0 Å². The van der Waals surface area contributed by atoms with Crippen LogP contribution in [-0.4, -0.2) is 15.7 Å². The molecule has 2 nitrogen and oxygen atoms in total. The molecular weight excluding hydrogens is 168 g/mol. The molecule has 1 heterocycles. The largest absolute Gasteiger partial charge is 0.231 e. The molecule has 1 aromatic rings. The van der Waals surface area contributed by atoms with E-state index in [1.165, 1.54) is 24.1 Å². The fourth-order valence-electron chi connectivity index (χ4n) is 1.49. The zero-order valence-electron chi connectivity index (χ0n) is 7.21. The monoisotopic (exact) mass is 180 g/mol.